The van der Waals surface area contributed by atoms with Crippen molar-refractivity contribution in [3.05, 3.63) is 58.3 Å². The first kappa shape index (κ1) is 14.9. The summed E-state index contributed by atoms with van der Waals surface area (Å²) in [4.78, 5) is -0.241. The summed E-state index contributed by atoms with van der Waals surface area (Å²) in [7, 11) is -4.10. The minimum absolute atomic E-state index is 0.0827. The molecule has 2 aromatic carbocycles. The normalized spacial score (nSPS) is 11.4. The Balaban J connectivity index is 2.41. The van der Waals surface area contributed by atoms with Gasteiger partial charge < -0.3 is 0 Å². The summed E-state index contributed by atoms with van der Waals surface area (Å²) < 4.78 is 65.1. The molecule has 0 aromatic heterocycles. The van der Waals surface area contributed by atoms with Crippen LogP contribution in [0.4, 0.5) is 18.9 Å². The zero-order chi connectivity index (χ0) is 14.9. The molecule has 3 nitrogen and oxygen atoms in total. The molecule has 0 aliphatic carbocycles. The van der Waals surface area contributed by atoms with Crippen LogP contribution in [-0.2, 0) is 10.0 Å². The molecule has 0 fully saturated rings. The molecule has 0 bridgehead atoms. The smallest absolute Gasteiger partial charge is 0.262 e. The molecule has 0 saturated carbocycles. The SMILES string of the molecule is O=S(=O)(Nc1c(F)cc(F)cc1Br)c1ccc(F)cc1. The van der Waals surface area contributed by atoms with Crippen molar-refractivity contribution in [2.75, 3.05) is 4.72 Å². The number of benzene rings is 2. The van der Waals surface area contributed by atoms with Crippen LogP contribution in [0.2, 0.25) is 0 Å². The van der Waals surface area contributed by atoms with Gasteiger partial charge in [0, 0.05) is 10.5 Å². The molecule has 0 saturated heterocycles. The van der Waals surface area contributed by atoms with Gasteiger partial charge in [-0.1, -0.05) is 0 Å². The highest BCUT2D eigenvalue weighted by atomic mass is 79.9. The van der Waals surface area contributed by atoms with Crippen LogP contribution in [0.1, 0.15) is 0 Å². The molecule has 0 amide bonds. The van der Waals surface area contributed by atoms with E-state index in [0.29, 0.717) is 6.07 Å². The highest BCUT2D eigenvalue weighted by Crippen LogP contribution is 2.29. The molecule has 0 atom stereocenters. The predicted octanol–water partition coefficient (Wildman–Crippen LogP) is 3.67. The van der Waals surface area contributed by atoms with Gasteiger partial charge in [0.25, 0.3) is 10.0 Å². The van der Waals surface area contributed by atoms with Gasteiger partial charge in [-0.15, -0.1) is 0 Å². The monoisotopic (exact) mass is 365 g/mol. The summed E-state index contributed by atoms with van der Waals surface area (Å²) in [5, 5.41) is 0. The van der Waals surface area contributed by atoms with Crippen molar-refractivity contribution in [3.8, 4) is 0 Å². The maximum Gasteiger partial charge on any atom is 0.262 e. The van der Waals surface area contributed by atoms with Gasteiger partial charge in [0.15, 0.2) is 5.82 Å². The van der Waals surface area contributed by atoms with E-state index < -0.39 is 33.2 Å². The molecule has 0 aliphatic heterocycles. The second-order valence-electron chi connectivity index (χ2n) is 3.80. The van der Waals surface area contributed by atoms with Crippen LogP contribution in [0.5, 0.6) is 0 Å². The van der Waals surface area contributed by atoms with Crippen LogP contribution in [0, 0.1) is 17.5 Å². The fourth-order valence-electron chi connectivity index (χ4n) is 1.45. The number of hydrogen-bond acceptors (Lipinski definition) is 2. The molecule has 2 rings (SSSR count). The Morgan fingerprint density at radius 3 is 2.10 bits per heavy atom. The van der Waals surface area contributed by atoms with Gasteiger partial charge in [-0.3, -0.25) is 4.72 Å². The van der Waals surface area contributed by atoms with Gasteiger partial charge in [0.1, 0.15) is 11.6 Å². The van der Waals surface area contributed by atoms with E-state index in [1.165, 1.54) is 0 Å². The molecule has 0 spiro atoms. The fourth-order valence-corrected chi connectivity index (χ4v) is 3.17. The maximum atomic E-state index is 13.6. The van der Waals surface area contributed by atoms with E-state index in [0.717, 1.165) is 30.3 Å². The first-order valence-electron chi connectivity index (χ1n) is 5.22. The molecular weight excluding hydrogens is 359 g/mol. The predicted molar refractivity (Wildman–Crippen MR) is 71.3 cm³/mol. The highest BCUT2D eigenvalue weighted by Gasteiger charge is 2.19. The molecule has 0 heterocycles. The summed E-state index contributed by atoms with van der Waals surface area (Å²) in [5.41, 5.74) is -0.421. The maximum absolute atomic E-state index is 13.6. The molecule has 8 heteroatoms. The van der Waals surface area contributed by atoms with E-state index in [9.17, 15) is 21.6 Å². The van der Waals surface area contributed by atoms with Crippen molar-refractivity contribution >= 4 is 31.6 Å². The van der Waals surface area contributed by atoms with E-state index in [1.54, 1.807) is 0 Å². The van der Waals surface area contributed by atoms with Crippen molar-refractivity contribution in [2.45, 2.75) is 4.90 Å². The number of anilines is 1. The summed E-state index contributed by atoms with van der Waals surface area (Å²) in [6.45, 7) is 0. The minimum Gasteiger partial charge on any atom is -0.275 e. The number of nitrogens with one attached hydrogen (secondary N) is 1. The van der Waals surface area contributed by atoms with Crippen molar-refractivity contribution in [1.82, 2.24) is 0 Å². The van der Waals surface area contributed by atoms with Crippen LogP contribution in [0.25, 0.3) is 0 Å². The molecule has 0 radical (unpaired) electrons. The van der Waals surface area contributed by atoms with Crippen LogP contribution in [0.15, 0.2) is 45.8 Å². The van der Waals surface area contributed by atoms with Crippen molar-refractivity contribution in [2.24, 2.45) is 0 Å². The topological polar surface area (TPSA) is 46.2 Å². The Morgan fingerprint density at radius 2 is 1.55 bits per heavy atom. The Kier molecular flexibility index (Phi) is 4.05. The second kappa shape index (κ2) is 5.45. The Morgan fingerprint density at radius 1 is 0.950 bits per heavy atom. The molecule has 20 heavy (non-hydrogen) atoms. The quantitative estimate of drug-likeness (QED) is 0.901. The Bertz CT molecular complexity index is 725. The standard InChI is InChI=1S/C12H7BrF3NO2S/c13-10-5-8(15)6-11(16)12(10)17-20(18,19)9-3-1-7(14)2-4-9/h1-6,17H. The minimum atomic E-state index is -4.10. The van der Waals surface area contributed by atoms with Crippen LogP contribution in [-0.4, -0.2) is 8.42 Å². The lowest BCUT2D eigenvalue weighted by molar-refractivity contribution is 0.581. The van der Waals surface area contributed by atoms with E-state index in [-0.39, 0.29) is 9.37 Å². The van der Waals surface area contributed by atoms with Crippen LogP contribution >= 0.6 is 15.9 Å². The lowest BCUT2D eigenvalue weighted by atomic mass is 10.3. The molecular formula is C12H7BrF3NO2S. The molecule has 0 unspecified atom stereocenters. The third-order valence-corrected chi connectivity index (χ3v) is 4.36. The van der Waals surface area contributed by atoms with Crippen LogP contribution < -0.4 is 4.72 Å². The van der Waals surface area contributed by atoms with Gasteiger partial charge in [-0.05, 0) is 46.3 Å². The average molecular weight is 366 g/mol. The van der Waals surface area contributed by atoms with Crippen LogP contribution in [0.3, 0.4) is 0 Å². The Labute approximate surface area is 121 Å². The second-order valence-corrected chi connectivity index (χ2v) is 6.34. The van der Waals surface area contributed by atoms with Crippen molar-refractivity contribution < 1.29 is 21.6 Å². The van der Waals surface area contributed by atoms with E-state index in [2.05, 4.69) is 15.9 Å². The third-order valence-electron chi connectivity index (χ3n) is 2.37. The lowest BCUT2D eigenvalue weighted by Gasteiger charge is -2.10. The van der Waals surface area contributed by atoms with E-state index >= 15 is 0 Å². The zero-order valence-electron chi connectivity index (χ0n) is 9.70. The van der Waals surface area contributed by atoms with Gasteiger partial charge in [-0.25, -0.2) is 21.6 Å². The summed E-state index contributed by atoms with van der Waals surface area (Å²) in [6.07, 6.45) is 0. The van der Waals surface area contributed by atoms with Gasteiger partial charge in [0.05, 0.1) is 10.6 Å². The Hall–Kier alpha value is -1.54. The lowest BCUT2D eigenvalue weighted by Crippen LogP contribution is -2.14. The fraction of sp³-hybridized carbons (Fsp3) is 0. The first-order valence-corrected chi connectivity index (χ1v) is 7.50. The van der Waals surface area contributed by atoms with Crippen molar-refractivity contribution in [3.63, 3.8) is 0 Å². The molecule has 0 aliphatic rings. The number of hydrogen-bond donors (Lipinski definition) is 1. The van der Waals surface area contributed by atoms with Gasteiger partial charge in [0.2, 0.25) is 0 Å². The summed E-state index contributed by atoms with van der Waals surface area (Å²) in [6, 6.07) is 5.47. The van der Waals surface area contributed by atoms with Crippen molar-refractivity contribution in [1.29, 1.82) is 0 Å². The third kappa shape index (κ3) is 3.13. The van der Waals surface area contributed by atoms with E-state index in [4.69, 9.17) is 0 Å². The van der Waals surface area contributed by atoms with Gasteiger partial charge in [-0.2, -0.15) is 0 Å². The summed E-state index contributed by atoms with van der Waals surface area (Å²) >= 11 is 2.87. The number of rotatable bonds is 3. The molecule has 1 N–H and O–H groups in total. The summed E-state index contributed by atoms with van der Waals surface area (Å²) in [5.74, 6) is -2.51. The first-order chi connectivity index (χ1) is 9.29. The number of sulfonamides is 1. The van der Waals surface area contributed by atoms with Gasteiger partial charge >= 0.3 is 0 Å². The largest absolute Gasteiger partial charge is 0.275 e. The molecule has 106 valence electrons. The average Bonchev–Trinajstić information content (AvgIpc) is 2.34. The zero-order valence-corrected chi connectivity index (χ0v) is 12.1. The number of halogens is 4. The molecule has 2 aromatic rings. The highest BCUT2D eigenvalue weighted by molar-refractivity contribution is 9.10. The van der Waals surface area contributed by atoms with E-state index in [1.807, 2.05) is 4.72 Å².